The maximum atomic E-state index is 10.6. The lowest BCUT2D eigenvalue weighted by Crippen LogP contribution is -2.62. The normalized spacial score (nSPS) is 41.0. The number of phosphoric ester groups is 1. The molecule has 0 aromatic heterocycles. The Morgan fingerprint density at radius 1 is 1.31 bits per heavy atom. The molecule has 1 aliphatic heterocycles. The highest BCUT2D eigenvalue weighted by atomic mass is 31.2. The third-order valence-corrected chi connectivity index (χ3v) is 2.65. The Morgan fingerprint density at radius 3 is 2.31 bits per heavy atom. The van der Waals surface area contributed by atoms with Crippen molar-refractivity contribution >= 4 is 7.82 Å². The molecule has 0 amide bonds. The van der Waals surface area contributed by atoms with E-state index in [4.69, 9.17) is 25.4 Å². The second kappa shape index (κ2) is 5.05. The predicted octanol–water partition coefficient (Wildman–Crippen LogP) is -3.14. The van der Waals surface area contributed by atoms with Crippen molar-refractivity contribution in [1.29, 1.82) is 0 Å². The summed E-state index contributed by atoms with van der Waals surface area (Å²) in [5.41, 5.74) is 5.35. The van der Waals surface area contributed by atoms with Crippen molar-refractivity contribution in [3.05, 3.63) is 0 Å². The van der Waals surface area contributed by atoms with Crippen LogP contribution in [0.4, 0.5) is 0 Å². The molecule has 0 aromatic rings. The fourth-order valence-electron chi connectivity index (χ4n) is 1.33. The highest BCUT2D eigenvalue weighted by Gasteiger charge is 2.45. The zero-order valence-corrected chi connectivity index (χ0v) is 8.97. The van der Waals surface area contributed by atoms with E-state index in [9.17, 15) is 14.8 Å². The number of hydrogen-bond donors (Lipinski definition) is 6. The van der Waals surface area contributed by atoms with Crippen LogP contribution < -0.4 is 5.73 Å². The minimum atomic E-state index is -4.83. The minimum Gasteiger partial charge on any atom is -0.394 e. The number of aliphatic hydroxyl groups excluding tert-OH is 3. The number of nitrogens with two attached hydrogens (primary N) is 1. The molecule has 1 heterocycles. The summed E-state index contributed by atoms with van der Waals surface area (Å²) < 4.78 is 19.5. The van der Waals surface area contributed by atoms with Crippen LogP contribution in [0.1, 0.15) is 0 Å². The first-order chi connectivity index (χ1) is 7.26. The van der Waals surface area contributed by atoms with Gasteiger partial charge in [0, 0.05) is 0 Å². The molecule has 0 aliphatic carbocycles. The maximum Gasteiger partial charge on any atom is 0.471 e. The van der Waals surface area contributed by atoms with Gasteiger partial charge in [-0.3, -0.25) is 4.52 Å². The molecule has 1 rings (SSSR count). The van der Waals surface area contributed by atoms with Gasteiger partial charge in [0.15, 0.2) is 6.29 Å². The van der Waals surface area contributed by atoms with Crippen molar-refractivity contribution in [2.45, 2.75) is 30.6 Å². The molecular weight excluding hydrogens is 245 g/mol. The molecule has 1 saturated heterocycles. The van der Waals surface area contributed by atoms with Crippen molar-refractivity contribution in [2.24, 2.45) is 5.73 Å². The van der Waals surface area contributed by atoms with Crippen LogP contribution >= 0.6 is 7.82 Å². The van der Waals surface area contributed by atoms with Gasteiger partial charge < -0.3 is 35.6 Å². The van der Waals surface area contributed by atoms with Crippen LogP contribution in [0.2, 0.25) is 0 Å². The second-order valence-electron chi connectivity index (χ2n) is 3.38. The molecule has 7 N–H and O–H groups in total. The van der Waals surface area contributed by atoms with Gasteiger partial charge in [-0.25, -0.2) is 4.57 Å². The van der Waals surface area contributed by atoms with E-state index >= 15 is 0 Å². The van der Waals surface area contributed by atoms with Gasteiger partial charge in [0.2, 0.25) is 0 Å². The first-order valence-corrected chi connectivity index (χ1v) is 5.91. The van der Waals surface area contributed by atoms with Gasteiger partial charge in [0.05, 0.1) is 12.6 Å². The largest absolute Gasteiger partial charge is 0.471 e. The van der Waals surface area contributed by atoms with Crippen LogP contribution in [0.15, 0.2) is 0 Å². The summed E-state index contributed by atoms with van der Waals surface area (Å²) in [4.78, 5) is 17.1. The summed E-state index contributed by atoms with van der Waals surface area (Å²) in [6, 6.07) is -1.33. The van der Waals surface area contributed by atoms with Crippen LogP contribution in [0.25, 0.3) is 0 Å². The number of aliphatic hydroxyl groups is 3. The van der Waals surface area contributed by atoms with E-state index in [1.807, 2.05) is 0 Å². The Bertz CT molecular complexity index is 280. The molecule has 0 bridgehead atoms. The molecule has 1 unspecified atom stereocenters. The lowest BCUT2D eigenvalue weighted by Gasteiger charge is -2.40. The standard InChI is InChI=1S/C6H14NO8P/c7-3-5(10)4(9)2(1-8)14-6(3)15-16(11,12)13/h2-6,8-10H,1,7H2,(H2,11,12,13)/t2-,3-,4+,5-,6?/m1/s1. The summed E-state index contributed by atoms with van der Waals surface area (Å²) in [6.45, 7) is -0.647. The molecule has 96 valence electrons. The minimum absolute atomic E-state index is 0.647. The van der Waals surface area contributed by atoms with Crippen molar-refractivity contribution in [3.8, 4) is 0 Å². The van der Waals surface area contributed by atoms with Crippen molar-refractivity contribution in [1.82, 2.24) is 0 Å². The fourth-order valence-corrected chi connectivity index (χ4v) is 1.79. The summed E-state index contributed by atoms with van der Waals surface area (Å²) in [7, 11) is -4.83. The van der Waals surface area contributed by atoms with Gasteiger partial charge >= 0.3 is 7.82 Å². The molecule has 10 heteroatoms. The van der Waals surface area contributed by atoms with E-state index in [1.54, 1.807) is 0 Å². The Kier molecular flexibility index (Phi) is 4.41. The molecule has 9 nitrogen and oxygen atoms in total. The Hall–Kier alpha value is -0.0900. The van der Waals surface area contributed by atoms with E-state index in [0.29, 0.717) is 0 Å². The first-order valence-electron chi connectivity index (χ1n) is 4.38. The van der Waals surface area contributed by atoms with Gasteiger partial charge in [0.25, 0.3) is 0 Å². The van der Waals surface area contributed by atoms with E-state index in [1.165, 1.54) is 0 Å². The SMILES string of the molecule is N[C@H]1C(OP(=O)(O)O)O[C@H](CO)[C@H](O)[C@@H]1O. The second-order valence-corrected chi connectivity index (χ2v) is 4.57. The summed E-state index contributed by atoms with van der Waals surface area (Å²) in [6.07, 6.45) is -5.78. The van der Waals surface area contributed by atoms with Crippen molar-refractivity contribution in [3.63, 3.8) is 0 Å². The molecule has 0 spiro atoms. The van der Waals surface area contributed by atoms with Crippen LogP contribution in [0, 0.1) is 0 Å². The monoisotopic (exact) mass is 259 g/mol. The summed E-state index contributed by atoms with van der Waals surface area (Å²) in [5.74, 6) is 0. The van der Waals surface area contributed by atoms with Gasteiger partial charge in [-0.2, -0.15) is 0 Å². The van der Waals surface area contributed by atoms with E-state index < -0.39 is 45.1 Å². The van der Waals surface area contributed by atoms with Crippen molar-refractivity contribution < 1.29 is 38.9 Å². The Balaban J connectivity index is 2.75. The lowest BCUT2D eigenvalue weighted by atomic mass is 9.98. The quantitative estimate of drug-likeness (QED) is 0.287. The highest BCUT2D eigenvalue weighted by molar-refractivity contribution is 7.46. The summed E-state index contributed by atoms with van der Waals surface area (Å²) >= 11 is 0. The lowest BCUT2D eigenvalue weighted by molar-refractivity contribution is -0.242. The maximum absolute atomic E-state index is 10.6. The van der Waals surface area contributed by atoms with Gasteiger partial charge in [-0.05, 0) is 0 Å². The predicted molar refractivity (Wildman–Crippen MR) is 48.9 cm³/mol. The summed E-state index contributed by atoms with van der Waals surface area (Å²) in [5, 5.41) is 27.6. The highest BCUT2D eigenvalue weighted by Crippen LogP contribution is 2.40. The zero-order chi connectivity index (χ0) is 12.5. The van der Waals surface area contributed by atoms with E-state index in [-0.39, 0.29) is 0 Å². The third kappa shape index (κ3) is 3.20. The fraction of sp³-hybridized carbons (Fsp3) is 1.00. The van der Waals surface area contributed by atoms with E-state index in [0.717, 1.165) is 0 Å². The van der Waals surface area contributed by atoms with E-state index in [2.05, 4.69) is 4.52 Å². The van der Waals surface area contributed by atoms with Gasteiger partial charge in [0.1, 0.15) is 18.3 Å². The molecule has 0 radical (unpaired) electrons. The Labute approximate surface area is 90.6 Å². The molecule has 0 saturated carbocycles. The molecule has 1 fully saturated rings. The molecule has 0 aromatic carbocycles. The molecule has 1 aliphatic rings. The third-order valence-electron chi connectivity index (χ3n) is 2.17. The van der Waals surface area contributed by atoms with Crippen molar-refractivity contribution in [2.75, 3.05) is 6.61 Å². The average Bonchev–Trinajstić information content (AvgIpc) is 2.17. The first kappa shape index (κ1) is 14.0. The molecular formula is C6H14NO8P. The van der Waals surface area contributed by atoms with Crippen LogP contribution in [-0.4, -0.2) is 62.4 Å². The topological polar surface area (TPSA) is 163 Å². The number of rotatable bonds is 3. The molecule has 16 heavy (non-hydrogen) atoms. The number of phosphoric acid groups is 1. The van der Waals surface area contributed by atoms with Gasteiger partial charge in [-0.1, -0.05) is 0 Å². The molecule has 5 atom stereocenters. The average molecular weight is 259 g/mol. The van der Waals surface area contributed by atoms with Crippen LogP contribution in [0.5, 0.6) is 0 Å². The number of ether oxygens (including phenoxy) is 1. The smallest absolute Gasteiger partial charge is 0.394 e. The van der Waals surface area contributed by atoms with Crippen LogP contribution in [-0.2, 0) is 13.8 Å². The Morgan fingerprint density at radius 2 is 1.88 bits per heavy atom. The van der Waals surface area contributed by atoms with Crippen LogP contribution in [0.3, 0.4) is 0 Å². The zero-order valence-electron chi connectivity index (χ0n) is 8.08. The number of hydrogen-bond acceptors (Lipinski definition) is 7. The van der Waals surface area contributed by atoms with Gasteiger partial charge in [-0.15, -0.1) is 0 Å².